The number of ether oxygens (including phenoxy) is 1. The molecule has 3 saturated heterocycles. The van der Waals surface area contributed by atoms with Gasteiger partial charge in [-0.1, -0.05) is 0 Å². The number of nitrogens with one attached hydrogen (secondary N) is 1. The zero-order chi connectivity index (χ0) is 12.5. The summed E-state index contributed by atoms with van der Waals surface area (Å²) in [6.45, 7) is 5.58. The smallest absolute Gasteiger partial charge is 0.226 e. The highest BCUT2D eigenvalue weighted by Crippen LogP contribution is 2.29. The molecule has 1 unspecified atom stereocenters. The first-order chi connectivity index (χ1) is 8.74. The average Bonchev–Trinajstić information content (AvgIpc) is 2.39. The molecule has 0 aliphatic carbocycles. The third-order valence-electron chi connectivity index (χ3n) is 4.01. The highest BCUT2D eigenvalue weighted by molar-refractivity contribution is 5.32. The van der Waals surface area contributed by atoms with Crippen molar-refractivity contribution in [2.24, 2.45) is 5.92 Å². The molecular formula is C13H20N4O. The van der Waals surface area contributed by atoms with E-state index < -0.39 is 0 Å². The first kappa shape index (κ1) is 11.7. The number of aromatic nitrogens is 2. The molecule has 5 nitrogen and oxygen atoms in total. The third-order valence-corrected chi connectivity index (χ3v) is 4.01. The molecule has 0 spiro atoms. The predicted octanol–water partition coefficient (Wildman–Crippen LogP) is 1.30. The fraction of sp³-hybridized carbons (Fsp3) is 0.692. The van der Waals surface area contributed by atoms with Crippen LogP contribution in [-0.2, 0) is 0 Å². The Balaban J connectivity index is 1.74. The van der Waals surface area contributed by atoms with Gasteiger partial charge in [0.25, 0.3) is 0 Å². The van der Waals surface area contributed by atoms with Crippen LogP contribution < -0.4 is 10.1 Å². The van der Waals surface area contributed by atoms with Crippen LogP contribution in [0.15, 0.2) is 6.07 Å². The van der Waals surface area contributed by atoms with Gasteiger partial charge >= 0.3 is 0 Å². The topological polar surface area (TPSA) is 50.3 Å². The van der Waals surface area contributed by atoms with Crippen LogP contribution in [0.25, 0.3) is 0 Å². The van der Waals surface area contributed by atoms with E-state index in [2.05, 4.69) is 20.2 Å². The fourth-order valence-corrected chi connectivity index (χ4v) is 3.00. The molecule has 0 radical (unpaired) electrons. The van der Waals surface area contributed by atoms with Crippen LogP contribution in [0.3, 0.4) is 0 Å². The molecule has 5 heteroatoms. The zero-order valence-corrected chi connectivity index (χ0v) is 11.0. The van der Waals surface area contributed by atoms with E-state index in [0.717, 1.165) is 18.2 Å². The summed E-state index contributed by atoms with van der Waals surface area (Å²) < 4.78 is 5.19. The standard InChI is InChI=1S/C13H20N4O/c1-9-7-12(18-2)16-13(14-9)15-11-8-17-5-3-10(11)4-6-17/h7,10-11H,3-6,8H2,1-2H3,(H,14,15,16). The Hall–Kier alpha value is -1.36. The van der Waals surface area contributed by atoms with Gasteiger partial charge in [-0.05, 0) is 38.8 Å². The maximum Gasteiger partial charge on any atom is 0.226 e. The maximum absolute atomic E-state index is 5.19. The summed E-state index contributed by atoms with van der Waals surface area (Å²) in [4.78, 5) is 11.3. The van der Waals surface area contributed by atoms with Gasteiger partial charge in [0.2, 0.25) is 11.8 Å². The third kappa shape index (κ3) is 2.27. The number of aryl methyl sites for hydroxylation is 1. The van der Waals surface area contributed by atoms with Crippen LogP contribution in [-0.4, -0.2) is 47.7 Å². The maximum atomic E-state index is 5.19. The molecule has 0 aromatic carbocycles. The van der Waals surface area contributed by atoms with Crippen molar-refractivity contribution in [2.45, 2.75) is 25.8 Å². The molecule has 98 valence electrons. The van der Waals surface area contributed by atoms with Crippen molar-refractivity contribution in [1.29, 1.82) is 0 Å². The summed E-state index contributed by atoms with van der Waals surface area (Å²) in [6.07, 6.45) is 2.58. The number of nitrogens with zero attached hydrogens (tertiary/aromatic N) is 3. The van der Waals surface area contributed by atoms with E-state index in [1.807, 2.05) is 13.0 Å². The molecule has 1 aromatic rings. The van der Waals surface area contributed by atoms with Crippen LogP contribution in [0.1, 0.15) is 18.5 Å². The van der Waals surface area contributed by atoms with Crippen molar-refractivity contribution in [3.8, 4) is 5.88 Å². The summed E-state index contributed by atoms with van der Waals surface area (Å²) in [6, 6.07) is 2.33. The summed E-state index contributed by atoms with van der Waals surface area (Å²) >= 11 is 0. The number of fused-ring (bicyclic) bond motifs is 3. The lowest BCUT2D eigenvalue weighted by atomic mass is 9.84. The van der Waals surface area contributed by atoms with Crippen molar-refractivity contribution < 1.29 is 4.74 Å². The quantitative estimate of drug-likeness (QED) is 0.873. The fourth-order valence-electron chi connectivity index (χ4n) is 3.00. The lowest BCUT2D eigenvalue weighted by Gasteiger charge is -2.44. The lowest BCUT2D eigenvalue weighted by Crippen LogP contribution is -2.53. The second kappa shape index (κ2) is 4.72. The predicted molar refractivity (Wildman–Crippen MR) is 69.9 cm³/mol. The molecule has 2 bridgehead atoms. The molecule has 4 heterocycles. The van der Waals surface area contributed by atoms with Crippen LogP contribution >= 0.6 is 0 Å². The Morgan fingerprint density at radius 3 is 2.72 bits per heavy atom. The van der Waals surface area contributed by atoms with E-state index in [-0.39, 0.29) is 0 Å². The number of rotatable bonds is 3. The van der Waals surface area contributed by atoms with E-state index in [4.69, 9.17) is 4.74 Å². The summed E-state index contributed by atoms with van der Waals surface area (Å²) in [7, 11) is 1.64. The Morgan fingerprint density at radius 2 is 2.11 bits per heavy atom. The van der Waals surface area contributed by atoms with Crippen molar-refractivity contribution in [3.05, 3.63) is 11.8 Å². The van der Waals surface area contributed by atoms with Gasteiger partial charge in [0.05, 0.1) is 7.11 Å². The van der Waals surface area contributed by atoms with E-state index in [9.17, 15) is 0 Å². The van der Waals surface area contributed by atoms with Crippen LogP contribution in [0.2, 0.25) is 0 Å². The van der Waals surface area contributed by atoms with Gasteiger partial charge in [-0.15, -0.1) is 0 Å². The molecule has 4 rings (SSSR count). The van der Waals surface area contributed by atoms with Gasteiger partial charge < -0.3 is 15.0 Å². The molecule has 1 aromatic heterocycles. The number of hydrogen-bond acceptors (Lipinski definition) is 5. The van der Waals surface area contributed by atoms with Gasteiger partial charge in [-0.2, -0.15) is 4.98 Å². The minimum atomic E-state index is 0.485. The number of methoxy groups -OCH3 is 1. The lowest BCUT2D eigenvalue weighted by molar-refractivity contribution is 0.0972. The van der Waals surface area contributed by atoms with Gasteiger partial charge in [0, 0.05) is 24.3 Å². The minimum absolute atomic E-state index is 0.485. The molecular weight excluding hydrogens is 228 g/mol. The van der Waals surface area contributed by atoms with Crippen LogP contribution in [0, 0.1) is 12.8 Å². The van der Waals surface area contributed by atoms with E-state index >= 15 is 0 Å². The van der Waals surface area contributed by atoms with Crippen molar-refractivity contribution in [2.75, 3.05) is 32.1 Å². The summed E-state index contributed by atoms with van der Waals surface area (Å²) in [5, 5.41) is 3.48. The largest absolute Gasteiger partial charge is 0.481 e. The second-order valence-electron chi connectivity index (χ2n) is 5.26. The first-order valence-electron chi connectivity index (χ1n) is 6.63. The van der Waals surface area contributed by atoms with E-state index in [1.54, 1.807) is 7.11 Å². The first-order valence-corrected chi connectivity index (χ1v) is 6.63. The Labute approximate surface area is 108 Å². The zero-order valence-electron chi connectivity index (χ0n) is 11.0. The molecule has 18 heavy (non-hydrogen) atoms. The summed E-state index contributed by atoms with van der Waals surface area (Å²) in [5.41, 5.74) is 0.936. The summed E-state index contributed by atoms with van der Waals surface area (Å²) in [5.74, 6) is 2.10. The van der Waals surface area contributed by atoms with Crippen molar-refractivity contribution in [1.82, 2.24) is 14.9 Å². The van der Waals surface area contributed by atoms with Crippen molar-refractivity contribution >= 4 is 5.95 Å². The van der Waals surface area contributed by atoms with Crippen molar-refractivity contribution in [3.63, 3.8) is 0 Å². The molecule has 3 aliphatic heterocycles. The Morgan fingerprint density at radius 1 is 1.33 bits per heavy atom. The highest BCUT2D eigenvalue weighted by Gasteiger charge is 2.34. The van der Waals surface area contributed by atoms with E-state index in [0.29, 0.717) is 17.9 Å². The number of piperidine rings is 3. The molecule has 3 aliphatic rings. The van der Waals surface area contributed by atoms with E-state index in [1.165, 1.54) is 25.9 Å². The Kier molecular flexibility index (Phi) is 3.07. The van der Waals surface area contributed by atoms with Gasteiger partial charge in [0.1, 0.15) is 0 Å². The van der Waals surface area contributed by atoms with Crippen LogP contribution in [0.4, 0.5) is 5.95 Å². The minimum Gasteiger partial charge on any atom is -0.481 e. The monoisotopic (exact) mass is 248 g/mol. The molecule has 0 amide bonds. The van der Waals surface area contributed by atoms with Gasteiger partial charge in [-0.3, -0.25) is 0 Å². The highest BCUT2D eigenvalue weighted by atomic mass is 16.5. The van der Waals surface area contributed by atoms with Gasteiger partial charge in [0.15, 0.2) is 0 Å². The normalized spacial score (nSPS) is 30.2. The average molecular weight is 248 g/mol. The second-order valence-corrected chi connectivity index (χ2v) is 5.26. The Bertz CT molecular complexity index is 429. The number of hydrogen-bond donors (Lipinski definition) is 1. The molecule has 3 fully saturated rings. The molecule has 1 N–H and O–H groups in total. The molecule has 1 atom stereocenters. The van der Waals surface area contributed by atoms with Gasteiger partial charge in [-0.25, -0.2) is 4.98 Å². The number of anilines is 1. The SMILES string of the molecule is COc1cc(C)nc(NC2CN3CCC2CC3)n1. The van der Waals surface area contributed by atoms with Crippen LogP contribution in [0.5, 0.6) is 5.88 Å². The molecule has 0 saturated carbocycles.